The molecule has 0 amide bonds. The molecule has 0 aromatic heterocycles. The molecule has 0 aromatic rings. The smallest absolute Gasteiger partial charge is 0.0888 e. The van der Waals surface area contributed by atoms with Crippen molar-refractivity contribution in [3.05, 3.63) is 0 Å². The zero-order valence-corrected chi connectivity index (χ0v) is 7.32. The molecule has 3 heteroatoms. The second-order valence-electron chi connectivity index (χ2n) is 2.45. The van der Waals surface area contributed by atoms with Crippen LogP contribution in [0.2, 0.25) is 0 Å². The highest BCUT2D eigenvalue weighted by Gasteiger charge is 2.03. The van der Waals surface area contributed by atoms with Gasteiger partial charge in [0.15, 0.2) is 0 Å². The predicted molar refractivity (Wildman–Crippen MR) is 45.8 cm³/mol. The van der Waals surface area contributed by atoms with E-state index in [-0.39, 0.29) is 5.25 Å². The number of nitrogens with two attached hydrogens (primary N) is 1. The lowest BCUT2D eigenvalue weighted by Gasteiger charge is -2.07. The molecule has 0 rings (SSSR count). The van der Waals surface area contributed by atoms with Crippen LogP contribution in [0.1, 0.15) is 13.8 Å². The van der Waals surface area contributed by atoms with Crippen molar-refractivity contribution in [2.45, 2.75) is 19.1 Å². The monoisotopic (exact) mass is 158 g/mol. The fraction of sp³-hybridized carbons (Fsp3) is 0.857. The molecule has 0 fully saturated rings. The number of hydrogen-bond acceptors (Lipinski definition) is 3. The van der Waals surface area contributed by atoms with Crippen LogP contribution in [0.4, 0.5) is 0 Å². The van der Waals surface area contributed by atoms with Gasteiger partial charge in [0.05, 0.1) is 11.3 Å². The van der Waals surface area contributed by atoms with Crippen molar-refractivity contribution >= 4 is 11.8 Å². The number of nitriles is 1. The van der Waals surface area contributed by atoms with Gasteiger partial charge in [-0.1, -0.05) is 6.92 Å². The Kier molecular flexibility index (Phi) is 5.46. The van der Waals surface area contributed by atoms with Crippen LogP contribution in [-0.2, 0) is 0 Å². The minimum Gasteiger partial charge on any atom is -0.330 e. The average Bonchev–Trinajstić information content (AvgIpc) is 1.99. The van der Waals surface area contributed by atoms with Crippen molar-refractivity contribution in [2.75, 3.05) is 12.3 Å². The highest BCUT2D eigenvalue weighted by atomic mass is 32.2. The van der Waals surface area contributed by atoms with Crippen LogP contribution in [-0.4, -0.2) is 17.5 Å². The molecule has 0 spiro atoms. The summed E-state index contributed by atoms with van der Waals surface area (Å²) in [5.41, 5.74) is 5.40. The molecule has 10 heavy (non-hydrogen) atoms. The summed E-state index contributed by atoms with van der Waals surface area (Å²) >= 11 is 1.67. The zero-order valence-electron chi connectivity index (χ0n) is 6.50. The normalized spacial score (nSPS) is 15.8. The van der Waals surface area contributed by atoms with Crippen LogP contribution in [0.5, 0.6) is 0 Å². The summed E-state index contributed by atoms with van der Waals surface area (Å²) in [6.07, 6.45) is 0. The lowest BCUT2D eigenvalue weighted by molar-refractivity contribution is 0.675. The van der Waals surface area contributed by atoms with Gasteiger partial charge in [0.25, 0.3) is 0 Å². The molecule has 0 aliphatic carbocycles. The minimum atomic E-state index is 0.106. The van der Waals surface area contributed by atoms with E-state index in [0.29, 0.717) is 12.5 Å². The first-order valence-corrected chi connectivity index (χ1v) is 4.46. The molecule has 0 aliphatic rings. The van der Waals surface area contributed by atoms with Crippen molar-refractivity contribution in [1.29, 1.82) is 5.26 Å². The van der Waals surface area contributed by atoms with Gasteiger partial charge >= 0.3 is 0 Å². The van der Waals surface area contributed by atoms with E-state index in [2.05, 4.69) is 13.0 Å². The maximum Gasteiger partial charge on any atom is 0.0888 e. The van der Waals surface area contributed by atoms with Gasteiger partial charge in [-0.2, -0.15) is 5.26 Å². The van der Waals surface area contributed by atoms with Crippen molar-refractivity contribution in [3.8, 4) is 6.07 Å². The summed E-state index contributed by atoms with van der Waals surface area (Å²) in [4.78, 5) is 0. The van der Waals surface area contributed by atoms with Crippen LogP contribution in [0.25, 0.3) is 0 Å². The third kappa shape index (κ3) is 4.66. The van der Waals surface area contributed by atoms with E-state index in [0.717, 1.165) is 5.75 Å². The predicted octanol–water partition coefficient (Wildman–Crippen LogP) is 1.23. The molecule has 2 nitrogen and oxygen atoms in total. The number of rotatable bonds is 4. The van der Waals surface area contributed by atoms with Crippen LogP contribution in [0, 0.1) is 17.2 Å². The van der Waals surface area contributed by atoms with E-state index in [4.69, 9.17) is 11.0 Å². The Bertz CT molecular complexity index is 119. The van der Waals surface area contributed by atoms with E-state index in [1.54, 1.807) is 11.8 Å². The molecule has 0 aliphatic heterocycles. The summed E-state index contributed by atoms with van der Waals surface area (Å²) in [6, 6.07) is 2.17. The maximum absolute atomic E-state index is 8.42. The molecule has 0 aromatic carbocycles. The summed E-state index contributed by atoms with van der Waals surface area (Å²) in [5, 5.41) is 8.52. The Balaban J connectivity index is 3.28. The first kappa shape index (κ1) is 9.80. The number of nitrogens with zero attached hydrogens (tertiary/aromatic N) is 1. The molecule has 0 saturated heterocycles. The second kappa shape index (κ2) is 5.57. The van der Waals surface area contributed by atoms with E-state index in [9.17, 15) is 0 Å². The molecule has 2 atom stereocenters. The maximum atomic E-state index is 8.42. The van der Waals surface area contributed by atoms with Crippen molar-refractivity contribution < 1.29 is 0 Å². The van der Waals surface area contributed by atoms with Gasteiger partial charge in [-0.05, 0) is 25.1 Å². The molecule has 0 bridgehead atoms. The molecule has 58 valence electrons. The Hall–Kier alpha value is -0.200. The van der Waals surface area contributed by atoms with Gasteiger partial charge in [-0.3, -0.25) is 0 Å². The summed E-state index contributed by atoms with van der Waals surface area (Å²) in [7, 11) is 0. The Morgan fingerprint density at radius 1 is 1.60 bits per heavy atom. The standard InChI is InChI=1S/C7H14N2S/c1-6(3-8)5-10-7(2)4-9/h6-7H,3,5,8H2,1-2H3. The third-order valence-corrected chi connectivity index (χ3v) is 2.58. The summed E-state index contributed by atoms with van der Waals surface area (Å²) < 4.78 is 0. The van der Waals surface area contributed by atoms with Gasteiger partial charge in [-0.25, -0.2) is 0 Å². The number of thioether (sulfide) groups is 1. The Morgan fingerprint density at radius 3 is 2.60 bits per heavy atom. The van der Waals surface area contributed by atoms with Gasteiger partial charge in [0, 0.05) is 0 Å². The third-order valence-electron chi connectivity index (χ3n) is 1.21. The lowest BCUT2D eigenvalue weighted by atomic mass is 10.2. The first-order chi connectivity index (χ1) is 4.70. The SMILES string of the molecule is CC(CN)CSC(C)C#N. The molecule has 2 unspecified atom stereocenters. The molecular weight excluding hydrogens is 144 g/mol. The van der Waals surface area contributed by atoms with E-state index < -0.39 is 0 Å². The summed E-state index contributed by atoms with van der Waals surface area (Å²) in [5.74, 6) is 1.52. The lowest BCUT2D eigenvalue weighted by Crippen LogP contribution is -2.13. The van der Waals surface area contributed by atoms with Crippen LogP contribution in [0.3, 0.4) is 0 Å². The fourth-order valence-electron chi connectivity index (χ4n) is 0.414. The van der Waals surface area contributed by atoms with Gasteiger partial charge in [0.1, 0.15) is 0 Å². The van der Waals surface area contributed by atoms with Crippen molar-refractivity contribution in [3.63, 3.8) is 0 Å². The Morgan fingerprint density at radius 2 is 2.20 bits per heavy atom. The van der Waals surface area contributed by atoms with Crippen molar-refractivity contribution in [1.82, 2.24) is 0 Å². The molecule has 0 radical (unpaired) electrons. The van der Waals surface area contributed by atoms with Gasteiger partial charge in [-0.15, -0.1) is 11.8 Å². The average molecular weight is 158 g/mol. The molecule has 0 saturated carbocycles. The van der Waals surface area contributed by atoms with Crippen LogP contribution in [0.15, 0.2) is 0 Å². The van der Waals surface area contributed by atoms with Gasteiger partial charge < -0.3 is 5.73 Å². The molecule has 0 heterocycles. The Labute approximate surface area is 66.8 Å². The quantitative estimate of drug-likeness (QED) is 0.669. The van der Waals surface area contributed by atoms with E-state index in [1.807, 2.05) is 6.92 Å². The molecule has 2 N–H and O–H groups in total. The number of hydrogen-bond donors (Lipinski definition) is 1. The van der Waals surface area contributed by atoms with Crippen molar-refractivity contribution in [2.24, 2.45) is 11.7 Å². The zero-order chi connectivity index (χ0) is 7.98. The second-order valence-corrected chi connectivity index (χ2v) is 3.82. The van der Waals surface area contributed by atoms with Gasteiger partial charge in [0.2, 0.25) is 0 Å². The highest BCUT2D eigenvalue weighted by Crippen LogP contribution is 2.12. The summed E-state index contributed by atoms with van der Waals surface area (Å²) in [6.45, 7) is 4.72. The topological polar surface area (TPSA) is 49.8 Å². The van der Waals surface area contributed by atoms with E-state index in [1.165, 1.54) is 0 Å². The molecular formula is C7H14N2S. The van der Waals surface area contributed by atoms with E-state index >= 15 is 0 Å². The van der Waals surface area contributed by atoms with Crippen LogP contribution >= 0.6 is 11.8 Å². The first-order valence-electron chi connectivity index (χ1n) is 3.42. The fourth-order valence-corrected chi connectivity index (χ4v) is 1.24. The highest BCUT2D eigenvalue weighted by molar-refractivity contribution is 8.00. The van der Waals surface area contributed by atoms with Crippen LogP contribution < -0.4 is 5.73 Å². The minimum absolute atomic E-state index is 0.106. The largest absolute Gasteiger partial charge is 0.330 e.